The first-order valence-corrected chi connectivity index (χ1v) is 15.8. The molecule has 0 amide bonds. The zero-order chi connectivity index (χ0) is 29.7. The van der Waals surface area contributed by atoms with Gasteiger partial charge in [-0.05, 0) is 40.8 Å². The summed E-state index contributed by atoms with van der Waals surface area (Å²) in [5.74, 6) is 0.704. The minimum absolute atomic E-state index is 0.704. The van der Waals surface area contributed by atoms with E-state index in [-0.39, 0.29) is 0 Å². The molecular formula is C42H22N4. The van der Waals surface area contributed by atoms with Crippen LogP contribution in [0.15, 0.2) is 133 Å². The van der Waals surface area contributed by atoms with Crippen LogP contribution in [0.4, 0.5) is 0 Å². The third-order valence-electron chi connectivity index (χ3n) is 10.4. The van der Waals surface area contributed by atoms with E-state index in [0.29, 0.717) is 5.95 Å². The second kappa shape index (κ2) is 7.87. The summed E-state index contributed by atoms with van der Waals surface area (Å²) >= 11 is 0. The molecule has 11 aromatic rings. The Balaban J connectivity index is 1.38. The summed E-state index contributed by atoms with van der Waals surface area (Å²) in [6.07, 6.45) is 0. The van der Waals surface area contributed by atoms with Gasteiger partial charge in [0, 0.05) is 48.7 Å². The third-order valence-corrected chi connectivity index (χ3v) is 10.4. The van der Waals surface area contributed by atoms with Crippen LogP contribution in [0.5, 0.6) is 0 Å². The smallest absolute Gasteiger partial charge is 0.235 e. The molecule has 0 atom stereocenters. The van der Waals surface area contributed by atoms with Crippen LogP contribution in [0.2, 0.25) is 0 Å². The molecule has 46 heavy (non-hydrogen) atoms. The van der Waals surface area contributed by atoms with Crippen molar-refractivity contribution < 1.29 is 0 Å². The first kappa shape index (κ1) is 23.2. The number of para-hydroxylation sites is 2. The lowest BCUT2D eigenvalue weighted by molar-refractivity contribution is 1.02. The van der Waals surface area contributed by atoms with Gasteiger partial charge in [0.05, 0.1) is 38.8 Å². The van der Waals surface area contributed by atoms with Crippen LogP contribution in [-0.4, -0.2) is 18.9 Å². The van der Waals surface area contributed by atoms with E-state index in [1.54, 1.807) is 0 Å². The van der Waals surface area contributed by atoms with Gasteiger partial charge in [-0.15, -0.1) is 0 Å². The lowest BCUT2D eigenvalue weighted by Gasteiger charge is -2.11. The second-order valence-corrected chi connectivity index (χ2v) is 12.5. The van der Waals surface area contributed by atoms with Gasteiger partial charge in [0.2, 0.25) is 5.95 Å². The van der Waals surface area contributed by atoms with Crippen molar-refractivity contribution in [1.29, 1.82) is 0 Å². The molecule has 4 heteroatoms. The number of aromatic nitrogens is 4. The Labute approximate surface area is 261 Å². The molecular weight excluding hydrogens is 560 g/mol. The molecule has 0 fully saturated rings. The summed E-state index contributed by atoms with van der Waals surface area (Å²) < 4.78 is 4.83. The van der Waals surface area contributed by atoms with Gasteiger partial charge in [0.1, 0.15) is 0 Å². The fourth-order valence-electron chi connectivity index (χ4n) is 8.58. The SMILES string of the molecule is c1ccc2c(c1)-c1cccc3nc(-n4c5c6ccccc6ccc5c5cc6c7ccccc7n7c8ccccc8c(c54)c67)nc-2c13. The van der Waals surface area contributed by atoms with E-state index in [1.165, 1.54) is 76.3 Å². The van der Waals surface area contributed by atoms with Crippen molar-refractivity contribution in [1.82, 2.24) is 18.9 Å². The average molecular weight is 583 g/mol. The van der Waals surface area contributed by atoms with E-state index in [4.69, 9.17) is 9.97 Å². The molecule has 12 rings (SSSR count). The normalized spacial score (nSPS) is 12.8. The lowest BCUT2D eigenvalue weighted by atomic mass is 10.0. The average Bonchev–Trinajstić information content (AvgIpc) is 3.83. The number of rotatable bonds is 1. The number of fused-ring (bicyclic) bond motifs is 15. The molecule has 0 unspecified atom stereocenters. The molecule has 7 aromatic carbocycles. The van der Waals surface area contributed by atoms with Crippen LogP contribution in [0, 0.1) is 0 Å². The zero-order valence-electron chi connectivity index (χ0n) is 24.5. The molecule has 0 bridgehead atoms. The third kappa shape index (κ3) is 2.57. The van der Waals surface area contributed by atoms with Crippen LogP contribution < -0.4 is 0 Å². The van der Waals surface area contributed by atoms with E-state index in [2.05, 4.69) is 142 Å². The highest BCUT2D eigenvalue weighted by Gasteiger charge is 2.28. The second-order valence-electron chi connectivity index (χ2n) is 12.5. The lowest BCUT2D eigenvalue weighted by Crippen LogP contribution is -2.03. The molecule has 0 spiro atoms. The highest BCUT2D eigenvalue weighted by atomic mass is 15.2. The fourth-order valence-corrected chi connectivity index (χ4v) is 8.58. The minimum atomic E-state index is 0.704. The standard InChI is InChI=1S/C42H22N4/c1-2-11-24-23(10-1)20-21-29-32-22-31-26-13-5-7-18-34(26)45-35-19-8-6-15-30(35)37(40(31)45)41(32)46(39(24)29)42-43-33-17-9-16-27-25-12-3-4-14-28(25)38(44-42)36(27)33/h1-22H. The van der Waals surface area contributed by atoms with Crippen molar-refractivity contribution in [2.45, 2.75) is 0 Å². The molecule has 0 saturated heterocycles. The van der Waals surface area contributed by atoms with E-state index in [0.717, 1.165) is 27.6 Å². The Morgan fingerprint density at radius 3 is 2.00 bits per heavy atom. The van der Waals surface area contributed by atoms with Gasteiger partial charge in [0.15, 0.2) is 0 Å². The Morgan fingerprint density at radius 1 is 0.413 bits per heavy atom. The van der Waals surface area contributed by atoms with Crippen molar-refractivity contribution in [3.63, 3.8) is 0 Å². The van der Waals surface area contributed by atoms with Gasteiger partial charge in [-0.1, -0.05) is 109 Å². The quantitative estimate of drug-likeness (QED) is 0.193. The van der Waals surface area contributed by atoms with Crippen molar-refractivity contribution in [2.75, 3.05) is 0 Å². The van der Waals surface area contributed by atoms with Crippen molar-refractivity contribution in [3.8, 4) is 28.3 Å². The van der Waals surface area contributed by atoms with Gasteiger partial charge < -0.3 is 4.40 Å². The minimum Gasteiger partial charge on any atom is -0.308 e. The van der Waals surface area contributed by atoms with Crippen LogP contribution in [0.1, 0.15) is 0 Å². The fraction of sp³-hybridized carbons (Fsp3) is 0. The van der Waals surface area contributed by atoms with Crippen molar-refractivity contribution in [2.24, 2.45) is 0 Å². The molecule has 0 aliphatic heterocycles. The van der Waals surface area contributed by atoms with Crippen molar-refractivity contribution >= 4 is 81.6 Å². The number of hydrogen-bond acceptors (Lipinski definition) is 2. The molecule has 1 aliphatic carbocycles. The Hall–Kier alpha value is -6.26. The van der Waals surface area contributed by atoms with Crippen molar-refractivity contribution in [3.05, 3.63) is 133 Å². The maximum absolute atomic E-state index is 5.48. The topological polar surface area (TPSA) is 35.1 Å². The van der Waals surface area contributed by atoms with Crippen LogP contribution in [0.3, 0.4) is 0 Å². The van der Waals surface area contributed by atoms with Crippen LogP contribution in [-0.2, 0) is 0 Å². The highest BCUT2D eigenvalue weighted by molar-refractivity contribution is 6.35. The zero-order valence-corrected chi connectivity index (χ0v) is 24.5. The number of nitrogens with zero attached hydrogens (tertiary/aromatic N) is 4. The van der Waals surface area contributed by atoms with Gasteiger partial charge >= 0.3 is 0 Å². The Bertz CT molecular complexity index is 3140. The predicted molar refractivity (Wildman–Crippen MR) is 190 cm³/mol. The van der Waals surface area contributed by atoms with E-state index < -0.39 is 0 Å². The summed E-state index contributed by atoms with van der Waals surface area (Å²) in [7, 11) is 0. The summed E-state index contributed by atoms with van der Waals surface area (Å²) in [5, 5.41) is 11.0. The maximum atomic E-state index is 5.48. The molecule has 0 N–H and O–H groups in total. The number of benzene rings is 7. The van der Waals surface area contributed by atoms with E-state index in [1.807, 2.05) is 0 Å². The molecule has 4 nitrogen and oxygen atoms in total. The summed E-state index contributed by atoms with van der Waals surface area (Å²) in [5.41, 5.74) is 11.6. The summed E-state index contributed by atoms with van der Waals surface area (Å²) in [6.45, 7) is 0. The molecule has 4 heterocycles. The van der Waals surface area contributed by atoms with Gasteiger partial charge in [0.25, 0.3) is 0 Å². The Kier molecular flexibility index (Phi) is 3.96. The monoisotopic (exact) mass is 582 g/mol. The Morgan fingerprint density at radius 2 is 1.11 bits per heavy atom. The maximum Gasteiger partial charge on any atom is 0.235 e. The van der Waals surface area contributed by atoms with Gasteiger partial charge in [-0.25, -0.2) is 9.97 Å². The van der Waals surface area contributed by atoms with Crippen LogP contribution >= 0.6 is 0 Å². The molecule has 210 valence electrons. The summed E-state index contributed by atoms with van der Waals surface area (Å²) in [4.78, 5) is 10.9. The highest BCUT2D eigenvalue weighted by Crippen LogP contribution is 2.49. The van der Waals surface area contributed by atoms with E-state index >= 15 is 0 Å². The summed E-state index contributed by atoms with van der Waals surface area (Å²) in [6, 6.07) is 48.4. The first-order valence-electron chi connectivity index (χ1n) is 15.8. The van der Waals surface area contributed by atoms with Crippen LogP contribution in [0.25, 0.3) is 110 Å². The number of hydrogen-bond donors (Lipinski definition) is 0. The van der Waals surface area contributed by atoms with Gasteiger partial charge in [-0.3, -0.25) is 4.57 Å². The first-order chi connectivity index (χ1) is 22.8. The molecule has 0 saturated carbocycles. The predicted octanol–water partition coefficient (Wildman–Crippen LogP) is 10.7. The molecule has 0 radical (unpaired) electrons. The molecule has 1 aliphatic rings. The van der Waals surface area contributed by atoms with E-state index in [9.17, 15) is 0 Å². The van der Waals surface area contributed by atoms with Gasteiger partial charge in [-0.2, -0.15) is 0 Å². The largest absolute Gasteiger partial charge is 0.308 e. The molecule has 4 aromatic heterocycles.